The Bertz CT molecular complexity index is 634. The van der Waals surface area contributed by atoms with Gasteiger partial charge in [0.2, 0.25) is 5.88 Å². The van der Waals surface area contributed by atoms with Gasteiger partial charge in [-0.1, -0.05) is 0 Å². The van der Waals surface area contributed by atoms with E-state index in [4.69, 9.17) is 14.6 Å². The molecule has 0 bridgehead atoms. The van der Waals surface area contributed by atoms with Gasteiger partial charge in [0.15, 0.2) is 11.5 Å². The van der Waals surface area contributed by atoms with Crippen LogP contribution in [0.25, 0.3) is 0 Å². The Morgan fingerprint density at radius 1 is 1.25 bits per heavy atom. The van der Waals surface area contributed by atoms with Gasteiger partial charge in [-0.25, -0.2) is 14.8 Å². The van der Waals surface area contributed by atoms with Gasteiger partial charge < -0.3 is 14.6 Å². The van der Waals surface area contributed by atoms with Crippen molar-refractivity contribution in [3.63, 3.8) is 0 Å². The van der Waals surface area contributed by atoms with Gasteiger partial charge >= 0.3 is 5.97 Å². The molecule has 2 aromatic rings. The van der Waals surface area contributed by atoms with E-state index in [0.29, 0.717) is 17.4 Å². The molecule has 0 amide bonds. The van der Waals surface area contributed by atoms with E-state index in [1.807, 2.05) is 6.26 Å². The van der Waals surface area contributed by atoms with Gasteiger partial charge in [0.1, 0.15) is 11.4 Å². The molecule has 7 heteroatoms. The van der Waals surface area contributed by atoms with E-state index in [-0.39, 0.29) is 5.56 Å². The van der Waals surface area contributed by atoms with Crippen molar-refractivity contribution in [2.75, 3.05) is 13.4 Å². The molecular weight excluding hydrogens is 280 g/mol. The number of thioether (sulfide) groups is 1. The maximum absolute atomic E-state index is 10.9. The molecule has 0 saturated carbocycles. The maximum atomic E-state index is 10.9. The second-order valence-electron chi connectivity index (χ2n) is 3.67. The molecule has 0 aliphatic carbocycles. The van der Waals surface area contributed by atoms with Gasteiger partial charge in [-0.2, -0.15) is 0 Å². The molecule has 1 N–H and O–H groups in total. The van der Waals surface area contributed by atoms with E-state index in [9.17, 15) is 4.79 Å². The Morgan fingerprint density at radius 2 is 2.05 bits per heavy atom. The van der Waals surface area contributed by atoms with Crippen LogP contribution >= 0.6 is 11.8 Å². The summed E-state index contributed by atoms with van der Waals surface area (Å²) in [5.41, 5.74) is 0.127. The smallest absolute Gasteiger partial charge is 0.335 e. The summed E-state index contributed by atoms with van der Waals surface area (Å²) in [5, 5.41) is 9.71. The van der Waals surface area contributed by atoms with Crippen LogP contribution in [-0.4, -0.2) is 34.4 Å². The highest BCUT2D eigenvalue weighted by atomic mass is 32.2. The predicted molar refractivity (Wildman–Crippen MR) is 73.8 cm³/mol. The third kappa shape index (κ3) is 3.18. The standard InChI is InChI=1S/C13H12N2O4S/c1-18-10-5-8(13(16)17)3-4-9(10)19-11-6-12(20-2)15-7-14-11/h3-7H,1-2H3,(H,16,17). The number of carbonyl (C=O) groups is 1. The topological polar surface area (TPSA) is 81.5 Å². The Hall–Kier alpha value is -2.28. The number of aromatic nitrogens is 2. The molecule has 0 atom stereocenters. The Labute approximate surface area is 119 Å². The van der Waals surface area contributed by atoms with Crippen molar-refractivity contribution >= 4 is 17.7 Å². The van der Waals surface area contributed by atoms with Crippen molar-refractivity contribution in [3.8, 4) is 17.4 Å². The Kier molecular flexibility index (Phi) is 4.41. The van der Waals surface area contributed by atoms with Crippen LogP contribution in [-0.2, 0) is 0 Å². The first-order chi connectivity index (χ1) is 9.63. The highest BCUT2D eigenvalue weighted by Crippen LogP contribution is 2.32. The van der Waals surface area contributed by atoms with Crippen LogP contribution in [0.3, 0.4) is 0 Å². The molecule has 0 aliphatic rings. The van der Waals surface area contributed by atoms with E-state index in [1.54, 1.807) is 6.07 Å². The molecule has 2 rings (SSSR count). The summed E-state index contributed by atoms with van der Waals surface area (Å²) in [6.07, 6.45) is 3.30. The average molecular weight is 292 g/mol. The van der Waals surface area contributed by atoms with Crippen molar-refractivity contribution in [3.05, 3.63) is 36.2 Å². The van der Waals surface area contributed by atoms with E-state index in [0.717, 1.165) is 5.03 Å². The first-order valence-electron chi connectivity index (χ1n) is 5.59. The molecule has 20 heavy (non-hydrogen) atoms. The third-order valence-electron chi connectivity index (χ3n) is 2.45. The van der Waals surface area contributed by atoms with Crippen LogP contribution in [0, 0.1) is 0 Å². The quantitative estimate of drug-likeness (QED) is 0.670. The van der Waals surface area contributed by atoms with Crippen LogP contribution in [0.4, 0.5) is 0 Å². The Morgan fingerprint density at radius 3 is 2.70 bits per heavy atom. The number of carboxylic acid groups (broad SMARTS) is 1. The zero-order valence-corrected chi connectivity index (χ0v) is 11.7. The zero-order chi connectivity index (χ0) is 14.5. The summed E-state index contributed by atoms with van der Waals surface area (Å²) in [5.74, 6) is 0.0600. The largest absolute Gasteiger partial charge is 0.493 e. The van der Waals surface area contributed by atoms with Gasteiger partial charge in [-0.15, -0.1) is 11.8 Å². The van der Waals surface area contributed by atoms with Crippen LogP contribution < -0.4 is 9.47 Å². The number of hydrogen-bond donors (Lipinski definition) is 1. The molecule has 0 aliphatic heterocycles. The number of ether oxygens (including phenoxy) is 2. The first-order valence-corrected chi connectivity index (χ1v) is 6.81. The lowest BCUT2D eigenvalue weighted by Gasteiger charge is -2.10. The summed E-state index contributed by atoms with van der Waals surface area (Å²) in [4.78, 5) is 18.9. The van der Waals surface area contributed by atoms with Gasteiger partial charge in [0, 0.05) is 6.07 Å². The first kappa shape index (κ1) is 14.1. The van der Waals surface area contributed by atoms with Crippen molar-refractivity contribution in [1.29, 1.82) is 0 Å². The third-order valence-corrected chi connectivity index (χ3v) is 3.09. The van der Waals surface area contributed by atoms with Crippen LogP contribution in [0.5, 0.6) is 17.4 Å². The normalized spacial score (nSPS) is 10.1. The van der Waals surface area contributed by atoms with Gasteiger partial charge in [-0.3, -0.25) is 0 Å². The van der Waals surface area contributed by atoms with Crippen LogP contribution in [0.1, 0.15) is 10.4 Å². The lowest BCUT2D eigenvalue weighted by atomic mass is 10.2. The minimum atomic E-state index is -1.03. The number of benzene rings is 1. The van der Waals surface area contributed by atoms with E-state index in [1.165, 1.54) is 43.4 Å². The molecular formula is C13H12N2O4S. The molecule has 0 fully saturated rings. The van der Waals surface area contributed by atoms with E-state index in [2.05, 4.69) is 9.97 Å². The predicted octanol–water partition coefficient (Wildman–Crippen LogP) is 2.70. The number of methoxy groups -OCH3 is 1. The molecule has 1 aromatic carbocycles. The van der Waals surface area contributed by atoms with Crippen LogP contribution in [0.15, 0.2) is 35.6 Å². The Balaban J connectivity index is 2.30. The molecule has 1 aromatic heterocycles. The van der Waals surface area contributed by atoms with E-state index >= 15 is 0 Å². The summed E-state index contributed by atoms with van der Waals surface area (Å²) < 4.78 is 10.7. The highest BCUT2D eigenvalue weighted by molar-refractivity contribution is 7.98. The van der Waals surface area contributed by atoms with Gasteiger partial charge in [-0.05, 0) is 24.5 Å². The monoisotopic (exact) mass is 292 g/mol. The lowest BCUT2D eigenvalue weighted by Crippen LogP contribution is -1.99. The van der Waals surface area contributed by atoms with Gasteiger partial charge in [0.25, 0.3) is 0 Å². The maximum Gasteiger partial charge on any atom is 0.335 e. The summed E-state index contributed by atoms with van der Waals surface area (Å²) in [7, 11) is 1.45. The second kappa shape index (κ2) is 6.25. The van der Waals surface area contributed by atoms with Crippen LogP contribution in [0.2, 0.25) is 0 Å². The summed E-state index contributed by atoms with van der Waals surface area (Å²) in [6, 6.07) is 6.06. The average Bonchev–Trinajstić information content (AvgIpc) is 2.47. The van der Waals surface area contributed by atoms with Crippen molar-refractivity contribution in [2.24, 2.45) is 0 Å². The molecule has 0 spiro atoms. The lowest BCUT2D eigenvalue weighted by molar-refractivity contribution is 0.0696. The van der Waals surface area contributed by atoms with Crippen molar-refractivity contribution < 1.29 is 19.4 Å². The second-order valence-corrected chi connectivity index (χ2v) is 4.50. The number of hydrogen-bond acceptors (Lipinski definition) is 6. The zero-order valence-electron chi connectivity index (χ0n) is 10.9. The molecule has 104 valence electrons. The minimum Gasteiger partial charge on any atom is -0.493 e. The SMILES string of the molecule is COc1cc(C(=O)O)ccc1Oc1cc(SC)ncn1. The number of carboxylic acids is 1. The molecule has 1 heterocycles. The molecule has 6 nitrogen and oxygen atoms in total. The number of rotatable bonds is 5. The fourth-order valence-corrected chi connectivity index (χ4v) is 1.86. The highest BCUT2D eigenvalue weighted by Gasteiger charge is 2.11. The molecule has 0 radical (unpaired) electrons. The van der Waals surface area contributed by atoms with Crippen molar-refractivity contribution in [1.82, 2.24) is 9.97 Å². The minimum absolute atomic E-state index is 0.127. The summed E-state index contributed by atoms with van der Waals surface area (Å²) >= 11 is 1.47. The summed E-state index contributed by atoms with van der Waals surface area (Å²) in [6.45, 7) is 0. The molecule has 0 unspecified atom stereocenters. The molecule has 0 saturated heterocycles. The van der Waals surface area contributed by atoms with E-state index < -0.39 is 5.97 Å². The van der Waals surface area contributed by atoms with Gasteiger partial charge in [0.05, 0.1) is 12.7 Å². The van der Waals surface area contributed by atoms with Crippen molar-refractivity contribution in [2.45, 2.75) is 5.03 Å². The number of nitrogens with zero attached hydrogens (tertiary/aromatic N) is 2. The fourth-order valence-electron chi connectivity index (χ4n) is 1.49. The number of aromatic carboxylic acids is 1. The fraction of sp³-hybridized carbons (Fsp3) is 0.154.